The number of nitrogens with one attached hydrogen (secondary N) is 1. The summed E-state index contributed by atoms with van der Waals surface area (Å²) in [5.41, 5.74) is 8.98. The lowest BCUT2D eigenvalue weighted by molar-refractivity contribution is 0.121. The largest absolute Gasteiger partial charge is 0.471 e. The summed E-state index contributed by atoms with van der Waals surface area (Å²) in [6.07, 6.45) is 2.56. The van der Waals surface area contributed by atoms with Crippen LogP contribution >= 0.6 is 0 Å². The second kappa shape index (κ2) is 7.06. The molecule has 3 aromatic rings. The standard InChI is InChI=1S/C16H19N5O2/c1-2-7-22-8-11-3-5-12(6-4-11)9-23-15-13-14(19-10-18-13)20-16(17)21-15/h3-6,10H,2,7-9H2,1H3,(H3,17,18,19,20,21). The molecule has 3 rings (SSSR count). The maximum atomic E-state index is 5.74. The summed E-state index contributed by atoms with van der Waals surface area (Å²) < 4.78 is 11.3. The Labute approximate surface area is 133 Å². The summed E-state index contributed by atoms with van der Waals surface area (Å²) in [7, 11) is 0. The summed E-state index contributed by atoms with van der Waals surface area (Å²) in [5.74, 6) is 0.532. The van der Waals surface area contributed by atoms with E-state index in [0.717, 1.165) is 24.2 Å². The maximum Gasteiger partial charge on any atom is 0.247 e. The fourth-order valence-electron chi connectivity index (χ4n) is 2.14. The average Bonchev–Trinajstić information content (AvgIpc) is 3.02. The Hall–Kier alpha value is -2.67. The number of ether oxygens (including phenoxy) is 2. The Bertz CT molecular complexity index is 770. The van der Waals surface area contributed by atoms with Crippen LogP contribution in [-0.4, -0.2) is 26.5 Å². The summed E-state index contributed by atoms with van der Waals surface area (Å²) in [6.45, 7) is 3.89. The quantitative estimate of drug-likeness (QED) is 0.650. The van der Waals surface area contributed by atoms with Gasteiger partial charge in [-0.25, -0.2) is 4.98 Å². The molecule has 7 heteroatoms. The van der Waals surface area contributed by atoms with Crippen LogP contribution in [0.5, 0.6) is 5.88 Å². The number of nitrogens with two attached hydrogens (primary N) is 1. The molecule has 3 N–H and O–H groups in total. The molecule has 0 spiro atoms. The summed E-state index contributed by atoms with van der Waals surface area (Å²) >= 11 is 0. The predicted molar refractivity (Wildman–Crippen MR) is 86.8 cm³/mol. The van der Waals surface area contributed by atoms with Crippen LogP contribution in [0, 0.1) is 0 Å². The number of fused-ring (bicyclic) bond motifs is 1. The fraction of sp³-hybridized carbons (Fsp3) is 0.312. The summed E-state index contributed by atoms with van der Waals surface area (Å²) in [5, 5.41) is 0. The highest BCUT2D eigenvalue weighted by atomic mass is 16.5. The van der Waals surface area contributed by atoms with Gasteiger partial charge in [0.1, 0.15) is 6.61 Å². The van der Waals surface area contributed by atoms with Gasteiger partial charge in [-0.05, 0) is 17.5 Å². The summed E-state index contributed by atoms with van der Waals surface area (Å²) in [4.78, 5) is 15.2. The first-order valence-corrected chi connectivity index (χ1v) is 7.51. The smallest absolute Gasteiger partial charge is 0.247 e. The lowest BCUT2D eigenvalue weighted by atomic mass is 10.1. The molecule has 0 aliphatic heterocycles. The molecule has 0 amide bonds. The van der Waals surface area contributed by atoms with E-state index in [1.165, 1.54) is 6.33 Å². The highest BCUT2D eigenvalue weighted by Gasteiger charge is 2.10. The van der Waals surface area contributed by atoms with Crippen molar-refractivity contribution in [1.29, 1.82) is 0 Å². The molecule has 0 aliphatic carbocycles. The number of aromatic amines is 1. The molecule has 0 aliphatic rings. The van der Waals surface area contributed by atoms with E-state index >= 15 is 0 Å². The number of benzene rings is 1. The van der Waals surface area contributed by atoms with Crippen LogP contribution in [0.3, 0.4) is 0 Å². The third-order valence-electron chi connectivity index (χ3n) is 3.28. The first kappa shape index (κ1) is 15.2. The Morgan fingerprint density at radius 3 is 2.57 bits per heavy atom. The minimum absolute atomic E-state index is 0.153. The molecule has 0 saturated heterocycles. The van der Waals surface area contributed by atoms with Gasteiger partial charge in [0.15, 0.2) is 11.2 Å². The molecule has 23 heavy (non-hydrogen) atoms. The van der Waals surface area contributed by atoms with Gasteiger partial charge >= 0.3 is 0 Å². The number of hydrogen-bond donors (Lipinski definition) is 2. The number of H-pyrrole nitrogens is 1. The number of aromatic nitrogens is 4. The fourth-order valence-corrected chi connectivity index (χ4v) is 2.14. The van der Waals surface area contributed by atoms with E-state index in [4.69, 9.17) is 15.2 Å². The molecule has 1 aromatic carbocycles. The Balaban J connectivity index is 1.64. The van der Waals surface area contributed by atoms with Gasteiger partial charge in [-0.15, -0.1) is 0 Å². The molecule has 0 atom stereocenters. The SMILES string of the molecule is CCCOCc1ccc(COc2nc(N)nc3[nH]cnc23)cc1. The number of rotatable bonds is 7. The molecule has 2 aromatic heterocycles. The van der Waals surface area contributed by atoms with Gasteiger partial charge < -0.3 is 20.2 Å². The predicted octanol–water partition coefficient (Wildman–Crippen LogP) is 2.44. The first-order chi connectivity index (χ1) is 11.3. The Morgan fingerprint density at radius 2 is 1.83 bits per heavy atom. The van der Waals surface area contributed by atoms with E-state index in [9.17, 15) is 0 Å². The Morgan fingerprint density at radius 1 is 1.09 bits per heavy atom. The normalized spacial score (nSPS) is 11.0. The maximum absolute atomic E-state index is 5.74. The van der Waals surface area contributed by atoms with E-state index in [2.05, 4.69) is 26.9 Å². The highest BCUT2D eigenvalue weighted by Crippen LogP contribution is 2.20. The van der Waals surface area contributed by atoms with E-state index in [-0.39, 0.29) is 5.95 Å². The molecule has 0 unspecified atom stereocenters. The molecule has 0 bridgehead atoms. The summed E-state index contributed by atoms with van der Waals surface area (Å²) in [6, 6.07) is 8.09. The van der Waals surface area contributed by atoms with Gasteiger partial charge in [-0.1, -0.05) is 31.2 Å². The molecule has 0 fully saturated rings. The number of anilines is 1. The van der Waals surface area contributed by atoms with E-state index in [1.807, 2.05) is 24.3 Å². The van der Waals surface area contributed by atoms with Crippen molar-refractivity contribution in [3.8, 4) is 5.88 Å². The molecule has 7 nitrogen and oxygen atoms in total. The van der Waals surface area contributed by atoms with E-state index in [0.29, 0.717) is 30.3 Å². The number of nitrogens with zero attached hydrogens (tertiary/aromatic N) is 3. The molecule has 0 radical (unpaired) electrons. The molecule has 120 valence electrons. The second-order valence-corrected chi connectivity index (χ2v) is 5.14. The van der Waals surface area contributed by atoms with Crippen LogP contribution in [0.2, 0.25) is 0 Å². The third kappa shape index (κ3) is 3.75. The van der Waals surface area contributed by atoms with Gasteiger partial charge in [-0.3, -0.25) is 0 Å². The van der Waals surface area contributed by atoms with Crippen molar-refractivity contribution in [3.63, 3.8) is 0 Å². The number of imidazole rings is 1. The van der Waals surface area contributed by atoms with Crippen LogP contribution < -0.4 is 10.5 Å². The average molecular weight is 313 g/mol. The van der Waals surface area contributed by atoms with Gasteiger partial charge in [-0.2, -0.15) is 9.97 Å². The van der Waals surface area contributed by atoms with Gasteiger partial charge in [0.2, 0.25) is 11.8 Å². The van der Waals surface area contributed by atoms with Crippen molar-refractivity contribution >= 4 is 17.1 Å². The molecule has 2 heterocycles. The van der Waals surface area contributed by atoms with Crippen LogP contribution in [-0.2, 0) is 18.0 Å². The second-order valence-electron chi connectivity index (χ2n) is 5.14. The van der Waals surface area contributed by atoms with Crippen molar-refractivity contribution in [2.24, 2.45) is 0 Å². The van der Waals surface area contributed by atoms with Crippen LogP contribution in [0.25, 0.3) is 11.2 Å². The minimum Gasteiger partial charge on any atom is -0.471 e. The van der Waals surface area contributed by atoms with E-state index < -0.39 is 0 Å². The lowest BCUT2D eigenvalue weighted by Crippen LogP contribution is -2.02. The first-order valence-electron chi connectivity index (χ1n) is 7.51. The van der Waals surface area contributed by atoms with Gasteiger partial charge in [0, 0.05) is 6.61 Å². The van der Waals surface area contributed by atoms with Gasteiger partial charge in [0.05, 0.1) is 12.9 Å². The number of nitrogen functional groups attached to an aromatic ring is 1. The molecular weight excluding hydrogens is 294 g/mol. The van der Waals surface area contributed by atoms with Crippen molar-refractivity contribution < 1.29 is 9.47 Å². The Kier molecular flexibility index (Phi) is 4.68. The number of hydrogen-bond acceptors (Lipinski definition) is 6. The van der Waals surface area contributed by atoms with Crippen molar-refractivity contribution in [2.45, 2.75) is 26.6 Å². The zero-order chi connectivity index (χ0) is 16.1. The van der Waals surface area contributed by atoms with Crippen LogP contribution in [0.4, 0.5) is 5.95 Å². The third-order valence-corrected chi connectivity index (χ3v) is 3.28. The van der Waals surface area contributed by atoms with Crippen LogP contribution in [0.1, 0.15) is 24.5 Å². The van der Waals surface area contributed by atoms with Gasteiger partial charge in [0.25, 0.3) is 0 Å². The topological polar surface area (TPSA) is 98.9 Å². The van der Waals surface area contributed by atoms with E-state index in [1.54, 1.807) is 0 Å². The molecule has 0 saturated carbocycles. The van der Waals surface area contributed by atoms with Crippen molar-refractivity contribution in [2.75, 3.05) is 12.3 Å². The van der Waals surface area contributed by atoms with Crippen LogP contribution in [0.15, 0.2) is 30.6 Å². The minimum atomic E-state index is 0.153. The highest BCUT2D eigenvalue weighted by molar-refractivity contribution is 5.76. The zero-order valence-corrected chi connectivity index (χ0v) is 13.0. The zero-order valence-electron chi connectivity index (χ0n) is 13.0. The molecular formula is C16H19N5O2. The monoisotopic (exact) mass is 313 g/mol. The lowest BCUT2D eigenvalue weighted by Gasteiger charge is -2.07. The van der Waals surface area contributed by atoms with Crippen molar-refractivity contribution in [1.82, 2.24) is 19.9 Å². The van der Waals surface area contributed by atoms with Crippen molar-refractivity contribution in [3.05, 3.63) is 41.7 Å².